The van der Waals surface area contributed by atoms with Crippen molar-refractivity contribution in [2.45, 2.75) is 19.9 Å². The van der Waals surface area contributed by atoms with Gasteiger partial charge in [-0.1, -0.05) is 6.92 Å². The highest BCUT2D eigenvalue weighted by molar-refractivity contribution is 7.88. The summed E-state index contributed by atoms with van der Waals surface area (Å²) in [5, 5.41) is 3.35. The molecule has 0 radical (unpaired) electrons. The molecule has 0 aliphatic carbocycles. The molecule has 1 fully saturated rings. The standard InChI is InChI=1S/C14H24N4O2S/c1-3-5-15-13-4-6-16-14(11-13)12-17-7-9-18(10-8-17)21(2,19)20/h4,6,11H,3,5,7-10,12H2,1-2H3,(H,15,16). The first-order valence-corrected chi connectivity index (χ1v) is 9.20. The number of sulfonamides is 1. The fourth-order valence-electron chi connectivity index (χ4n) is 2.39. The molecule has 1 saturated heterocycles. The zero-order chi connectivity index (χ0) is 15.3. The van der Waals surface area contributed by atoms with Crippen LogP contribution in [0.4, 0.5) is 5.69 Å². The van der Waals surface area contributed by atoms with Crippen LogP contribution in [0.25, 0.3) is 0 Å². The Morgan fingerprint density at radius 2 is 2.00 bits per heavy atom. The highest BCUT2D eigenvalue weighted by Crippen LogP contribution is 2.12. The summed E-state index contributed by atoms with van der Waals surface area (Å²) in [7, 11) is -3.06. The number of nitrogens with one attached hydrogen (secondary N) is 1. The van der Waals surface area contributed by atoms with Gasteiger partial charge >= 0.3 is 0 Å². The Morgan fingerprint density at radius 3 is 2.62 bits per heavy atom. The SMILES string of the molecule is CCCNc1ccnc(CN2CCN(S(C)(=O)=O)CC2)c1. The normalized spacial score (nSPS) is 17.8. The molecule has 1 aromatic heterocycles. The van der Waals surface area contributed by atoms with Crippen molar-refractivity contribution in [3.05, 3.63) is 24.0 Å². The molecule has 1 N–H and O–H groups in total. The third-order valence-electron chi connectivity index (χ3n) is 3.58. The Bertz CT molecular complexity index is 554. The largest absolute Gasteiger partial charge is 0.385 e. The number of anilines is 1. The molecular weight excluding hydrogens is 288 g/mol. The van der Waals surface area contributed by atoms with Crippen LogP contribution in [0, 0.1) is 0 Å². The van der Waals surface area contributed by atoms with Crippen LogP contribution < -0.4 is 5.32 Å². The van der Waals surface area contributed by atoms with E-state index in [0.29, 0.717) is 13.1 Å². The molecule has 118 valence electrons. The molecule has 21 heavy (non-hydrogen) atoms. The number of aromatic nitrogens is 1. The molecule has 0 aromatic carbocycles. The molecule has 0 bridgehead atoms. The molecule has 0 unspecified atom stereocenters. The van der Waals surface area contributed by atoms with E-state index in [-0.39, 0.29) is 0 Å². The van der Waals surface area contributed by atoms with E-state index in [0.717, 1.165) is 44.0 Å². The van der Waals surface area contributed by atoms with Crippen molar-refractivity contribution in [3.8, 4) is 0 Å². The Hall–Kier alpha value is -1.18. The van der Waals surface area contributed by atoms with Crippen LogP contribution in [0.1, 0.15) is 19.0 Å². The summed E-state index contributed by atoms with van der Waals surface area (Å²) in [6, 6.07) is 4.04. The van der Waals surface area contributed by atoms with Crippen molar-refractivity contribution >= 4 is 15.7 Å². The van der Waals surface area contributed by atoms with Crippen LogP contribution >= 0.6 is 0 Å². The van der Waals surface area contributed by atoms with Crippen LogP contribution in [0.5, 0.6) is 0 Å². The Kier molecular flexibility index (Phi) is 5.55. The number of nitrogens with zero attached hydrogens (tertiary/aromatic N) is 3. The number of piperazine rings is 1. The molecule has 0 amide bonds. The monoisotopic (exact) mass is 312 g/mol. The summed E-state index contributed by atoms with van der Waals surface area (Å²) < 4.78 is 24.5. The summed E-state index contributed by atoms with van der Waals surface area (Å²) in [4.78, 5) is 6.64. The minimum Gasteiger partial charge on any atom is -0.385 e. The van der Waals surface area contributed by atoms with Gasteiger partial charge in [-0.15, -0.1) is 0 Å². The number of pyridine rings is 1. The lowest BCUT2D eigenvalue weighted by Crippen LogP contribution is -2.47. The quantitative estimate of drug-likeness (QED) is 0.848. The lowest BCUT2D eigenvalue weighted by molar-refractivity contribution is 0.180. The minimum atomic E-state index is -3.06. The number of hydrogen-bond donors (Lipinski definition) is 1. The molecule has 7 heteroatoms. The van der Waals surface area contributed by atoms with Gasteiger partial charge in [-0.25, -0.2) is 8.42 Å². The van der Waals surface area contributed by atoms with Crippen LogP contribution in [0.2, 0.25) is 0 Å². The van der Waals surface area contributed by atoms with Gasteiger partial charge < -0.3 is 5.32 Å². The average Bonchev–Trinajstić information content (AvgIpc) is 2.45. The van der Waals surface area contributed by atoms with Gasteiger partial charge in [0.1, 0.15) is 0 Å². The molecular formula is C14H24N4O2S. The van der Waals surface area contributed by atoms with Crippen molar-refractivity contribution in [2.75, 3.05) is 44.3 Å². The maximum absolute atomic E-state index is 11.5. The number of rotatable bonds is 6. The second kappa shape index (κ2) is 7.20. The fourth-order valence-corrected chi connectivity index (χ4v) is 3.22. The third kappa shape index (κ3) is 4.94. The zero-order valence-corrected chi connectivity index (χ0v) is 13.6. The van der Waals surface area contributed by atoms with Crippen molar-refractivity contribution in [3.63, 3.8) is 0 Å². The predicted octanol–water partition coefficient (Wildman–Crippen LogP) is 0.981. The summed E-state index contributed by atoms with van der Waals surface area (Å²) in [6.07, 6.45) is 4.18. The Labute approximate surface area is 127 Å². The zero-order valence-electron chi connectivity index (χ0n) is 12.7. The Morgan fingerprint density at radius 1 is 1.29 bits per heavy atom. The van der Waals surface area contributed by atoms with Gasteiger partial charge in [0.05, 0.1) is 11.9 Å². The van der Waals surface area contributed by atoms with E-state index in [9.17, 15) is 8.42 Å². The topological polar surface area (TPSA) is 65.5 Å². The first-order valence-electron chi connectivity index (χ1n) is 7.35. The lowest BCUT2D eigenvalue weighted by Gasteiger charge is -2.32. The van der Waals surface area contributed by atoms with Crippen molar-refractivity contribution < 1.29 is 8.42 Å². The van der Waals surface area contributed by atoms with Crippen LogP contribution in [0.3, 0.4) is 0 Å². The van der Waals surface area contributed by atoms with Gasteiger partial charge in [0.2, 0.25) is 10.0 Å². The van der Waals surface area contributed by atoms with E-state index in [1.165, 1.54) is 10.6 Å². The van der Waals surface area contributed by atoms with Gasteiger partial charge in [-0.05, 0) is 18.6 Å². The molecule has 1 aromatic rings. The summed E-state index contributed by atoms with van der Waals surface area (Å²) in [5.41, 5.74) is 2.11. The lowest BCUT2D eigenvalue weighted by atomic mass is 10.2. The van der Waals surface area contributed by atoms with E-state index < -0.39 is 10.0 Å². The van der Waals surface area contributed by atoms with Gasteiger partial charge in [0.15, 0.2) is 0 Å². The third-order valence-corrected chi connectivity index (χ3v) is 4.88. The molecule has 0 atom stereocenters. The van der Waals surface area contributed by atoms with Gasteiger partial charge in [0.25, 0.3) is 0 Å². The molecule has 6 nitrogen and oxygen atoms in total. The van der Waals surface area contributed by atoms with Gasteiger partial charge in [0, 0.05) is 51.2 Å². The minimum absolute atomic E-state index is 0.562. The number of hydrogen-bond acceptors (Lipinski definition) is 5. The van der Waals surface area contributed by atoms with E-state index in [4.69, 9.17) is 0 Å². The summed E-state index contributed by atoms with van der Waals surface area (Å²) in [5.74, 6) is 0. The maximum Gasteiger partial charge on any atom is 0.211 e. The fraction of sp³-hybridized carbons (Fsp3) is 0.643. The van der Waals surface area contributed by atoms with E-state index in [1.807, 2.05) is 12.3 Å². The van der Waals surface area contributed by atoms with Gasteiger partial charge in [-0.2, -0.15) is 4.31 Å². The highest BCUT2D eigenvalue weighted by atomic mass is 32.2. The molecule has 1 aliphatic heterocycles. The van der Waals surface area contributed by atoms with Crippen LogP contribution in [-0.2, 0) is 16.6 Å². The molecule has 2 rings (SSSR count). The molecule has 0 saturated carbocycles. The highest BCUT2D eigenvalue weighted by Gasteiger charge is 2.23. The van der Waals surface area contributed by atoms with Crippen LogP contribution in [0.15, 0.2) is 18.3 Å². The van der Waals surface area contributed by atoms with Crippen molar-refractivity contribution in [2.24, 2.45) is 0 Å². The smallest absolute Gasteiger partial charge is 0.211 e. The molecule has 2 heterocycles. The second-order valence-corrected chi connectivity index (χ2v) is 7.38. The predicted molar refractivity (Wildman–Crippen MR) is 84.7 cm³/mol. The van der Waals surface area contributed by atoms with E-state index in [1.54, 1.807) is 0 Å². The Balaban J connectivity index is 1.88. The first-order chi connectivity index (χ1) is 9.99. The summed E-state index contributed by atoms with van der Waals surface area (Å²) >= 11 is 0. The van der Waals surface area contributed by atoms with Gasteiger partial charge in [-0.3, -0.25) is 9.88 Å². The first kappa shape index (κ1) is 16.2. The van der Waals surface area contributed by atoms with Crippen molar-refractivity contribution in [1.82, 2.24) is 14.2 Å². The van der Waals surface area contributed by atoms with E-state index in [2.05, 4.69) is 28.2 Å². The van der Waals surface area contributed by atoms with Crippen molar-refractivity contribution in [1.29, 1.82) is 0 Å². The van der Waals surface area contributed by atoms with E-state index >= 15 is 0 Å². The second-order valence-electron chi connectivity index (χ2n) is 5.40. The summed E-state index contributed by atoms with van der Waals surface area (Å²) in [6.45, 7) is 6.48. The van der Waals surface area contributed by atoms with Crippen LogP contribution in [-0.4, -0.2) is 61.6 Å². The molecule has 1 aliphatic rings. The maximum atomic E-state index is 11.5. The molecule has 0 spiro atoms. The average molecular weight is 312 g/mol.